The van der Waals surface area contributed by atoms with Gasteiger partial charge in [-0.2, -0.15) is 0 Å². The van der Waals surface area contributed by atoms with Crippen LogP contribution in [-0.2, 0) is 4.74 Å². The zero-order chi connectivity index (χ0) is 14.6. The van der Waals surface area contributed by atoms with Crippen LogP contribution in [0.1, 0.15) is 64.7 Å². The van der Waals surface area contributed by atoms with E-state index in [-0.39, 0.29) is 6.61 Å². The van der Waals surface area contributed by atoms with Gasteiger partial charge in [0.25, 0.3) is 0 Å². The largest absolute Gasteiger partial charge is 0.395 e. The second kappa shape index (κ2) is 11.5. The van der Waals surface area contributed by atoms with E-state index in [9.17, 15) is 0 Å². The molecule has 120 valence electrons. The molecule has 0 aromatic heterocycles. The van der Waals surface area contributed by atoms with Gasteiger partial charge in [0.1, 0.15) is 0 Å². The maximum absolute atomic E-state index is 8.81. The highest BCUT2D eigenvalue weighted by molar-refractivity contribution is 4.71. The number of aliphatic hydroxyl groups excluding tert-OH is 1. The molecule has 0 aromatic carbocycles. The molecule has 0 saturated heterocycles. The summed E-state index contributed by atoms with van der Waals surface area (Å²) in [6.45, 7) is 5.42. The Bertz CT molecular complexity index is 215. The Labute approximate surface area is 125 Å². The minimum absolute atomic E-state index is 0.268. The molecule has 3 nitrogen and oxygen atoms in total. The van der Waals surface area contributed by atoms with Crippen molar-refractivity contribution < 1.29 is 9.84 Å². The predicted octanol–water partition coefficient (Wildman–Crippen LogP) is 3.46. The number of likely N-dealkylation sites (N-methyl/N-ethyl adjacent to an activating group) is 1. The molecular formula is C17H35NO2. The second-order valence-corrected chi connectivity index (χ2v) is 6.36. The number of ether oxygens (including phenoxy) is 1. The van der Waals surface area contributed by atoms with Crippen LogP contribution in [0.25, 0.3) is 0 Å². The van der Waals surface area contributed by atoms with E-state index in [1.54, 1.807) is 0 Å². The smallest absolute Gasteiger partial charge is 0.0575 e. The number of hydrogen-bond acceptors (Lipinski definition) is 3. The Hall–Kier alpha value is -0.120. The van der Waals surface area contributed by atoms with Gasteiger partial charge in [-0.15, -0.1) is 0 Å². The van der Waals surface area contributed by atoms with Gasteiger partial charge in [-0.25, -0.2) is 0 Å². The molecule has 1 aliphatic carbocycles. The lowest BCUT2D eigenvalue weighted by Gasteiger charge is -2.27. The third-order valence-corrected chi connectivity index (χ3v) is 4.64. The van der Waals surface area contributed by atoms with Crippen LogP contribution in [0.4, 0.5) is 0 Å². The molecule has 0 atom stereocenters. The van der Waals surface area contributed by atoms with Crippen LogP contribution in [0.5, 0.6) is 0 Å². The first-order chi connectivity index (χ1) is 9.76. The van der Waals surface area contributed by atoms with E-state index in [0.717, 1.165) is 25.6 Å². The minimum Gasteiger partial charge on any atom is -0.395 e. The average Bonchev–Trinajstić information content (AvgIpc) is 2.47. The van der Waals surface area contributed by atoms with E-state index in [1.165, 1.54) is 57.8 Å². The summed E-state index contributed by atoms with van der Waals surface area (Å²) in [4.78, 5) is 2.20. The Balaban J connectivity index is 1.85. The maximum atomic E-state index is 8.81. The molecule has 0 aromatic rings. The first-order valence-corrected chi connectivity index (χ1v) is 8.67. The molecule has 1 rings (SSSR count). The summed E-state index contributed by atoms with van der Waals surface area (Å²) < 4.78 is 6.00. The van der Waals surface area contributed by atoms with Crippen molar-refractivity contribution in [2.75, 3.05) is 33.4 Å². The van der Waals surface area contributed by atoms with Crippen LogP contribution in [0.15, 0.2) is 0 Å². The van der Waals surface area contributed by atoms with Gasteiger partial charge >= 0.3 is 0 Å². The van der Waals surface area contributed by atoms with Crippen molar-refractivity contribution in [3.8, 4) is 0 Å². The van der Waals surface area contributed by atoms with Crippen LogP contribution in [-0.4, -0.2) is 49.5 Å². The van der Waals surface area contributed by atoms with Crippen molar-refractivity contribution in [1.29, 1.82) is 0 Å². The van der Waals surface area contributed by atoms with Crippen molar-refractivity contribution in [3.63, 3.8) is 0 Å². The highest BCUT2D eigenvalue weighted by Gasteiger charge is 2.19. The van der Waals surface area contributed by atoms with Gasteiger partial charge in [-0.1, -0.05) is 26.2 Å². The van der Waals surface area contributed by atoms with Gasteiger partial charge in [0.15, 0.2) is 0 Å². The van der Waals surface area contributed by atoms with Crippen molar-refractivity contribution in [3.05, 3.63) is 0 Å². The SMILES string of the molecule is CCC1CCC(OCCCCCCN(C)CCO)CC1. The van der Waals surface area contributed by atoms with Crippen LogP contribution in [0.2, 0.25) is 0 Å². The summed E-state index contributed by atoms with van der Waals surface area (Å²) in [6, 6.07) is 0. The van der Waals surface area contributed by atoms with Crippen molar-refractivity contribution in [1.82, 2.24) is 4.90 Å². The van der Waals surface area contributed by atoms with Crippen molar-refractivity contribution >= 4 is 0 Å². The van der Waals surface area contributed by atoms with Gasteiger partial charge in [-0.3, -0.25) is 0 Å². The molecule has 1 aliphatic rings. The first kappa shape index (κ1) is 17.9. The minimum atomic E-state index is 0.268. The van der Waals surface area contributed by atoms with Gasteiger partial charge < -0.3 is 14.7 Å². The average molecular weight is 285 g/mol. The highest BCUT2D eigenvalue weighted by Crippen LogP contribution is 2.28. The predicted molar refractivity (Wildman–Crippen MR) is 85.0 cm³/mol. The van der Waals surface area contributed by atoms with E-state index in [2.05, 4.69) is 18.9 Å². The monoisotopic (exact) mass is 285 g/mol. The van der Waals surface area contributed by atoms with Crippen LogP contribution in [0.3, 0.4) is 0 Å². The molecule has 20 heavy (non-hydrogen) atoms. The molecule has 3 heteroatoms. The molecule has 1 N–H and O–H groups in total. The molecule has 1 fully saturated rings. The van der Waals surface area contributed by atoms with E-state index < -0.39 is 0 Å². The molecule has 0 heterocycles. The summed E-state index contributed by atoms with van der Waals surface area (Å²) in [6.07, 6.45) is 12.2. The highest BCUT2D eigenvalue weighted by atomic mass is 16.5. The van der Waals surface area contributed by atoms with Gasteiger partial charge in [0.2, 0.25) is 0 Å². The standard InChI is InChI=1S/C17H35NO2/c1-3-16-8-10-17(11-9-16)20-15-7-5-4-6-12-18(2)13-14-19/h16-17,19H,3-15H2,1-2H3. The molecule has 0 amide bonds. The number of unbranched alkanes of at least 4 members (excludes halogenated alkanes) is 3. The number of aliphatic hydroxyl groups is 1. The fourth-order valence-corrected chi connectivity index (χ4v) is 3.08. The lowest BCUT2D eigenvalue weighted by atomic mass is 9.86. The molecule has 0 spiro atoms. The summed E-state index contributed by atoms with van der Waals surface area (Å²) in [5.74, 6) is 0.964. The Morgan fingerprint density at radius 1 is 1.00 bits per heavy atom. The number of hydrogen-bond donors (Lipinski definition) is 1. The third-order valence-electron chi connectivity index (χ3n) is 4.64. The molecule has 0 radical (unpaired) electrons. The van der Waals surface area contributed by atoms with Crippen LogP contribution < -0.4 is 0 Å². The van der Waals surface area contributed by atoms with E-state index in [0.29, 0.717) is 6.10 Å². The zero-order valence-electron chi connectivity index (χ0n) is 13.6. The fourth-order valence-electron chi connectivity index (χ4n) is 3.08. The van der Waals surface area contributed by atoms with E-state index in [1.807, 2.05) is 0 Å². The Kier molecular flexibility index (Phi) is 10.3. The van der Waals surface area contributed by atoms with Gasteiger partial charge in [0, 0.05) is 13.2 Å². The molecule has 1 saturated carbocycles. The van der Waals surface area contributed by atoms with Gasteiger partial charge in [0.05, 0.1) is 12.7 Å². The first-order valence-electron chi connectivity index (χ1n) is 8.67. The second-order valence-electron chi connectivity index (χ2n) is 6.36. The van der Waals surface area contributed by atoms with E-state index >= 15 is 0 Å². The molecule has 0 aliphatic heterocycles. The van der Waals surface area contributed by atoms with E-state index in [4.69, 9.17) is 9.84 Å². The summed E-state index contributed by atoms with van der Waals surface area (Å²) >= 11 is 0. The number of nitrogens with zero attached hydrogens (tertiary/aromatic N) is 1. The lowest BCUT2D eigenvalue weighted by molar-refractivity contribution is 0.0158. The Morgan fingerprint density at radius 3 is 2.35 bits per heavy atom. The summed E-state index contributed by atoms with van der Waals surface area (Å²) in [5, 5.41) is 8.81. The number of rotatable bonds is 11. The molecule has 0 unspecified atom stereocenters. The van der Waals surface area contributed by atoms with Crippen molar-refractivity contribution in [2.24, 2.45) is 5.92 Å². The van der Waals surface area contributed by atoms with Gasteiger partial charge in [-0.05, 0) is 58.0 Å². The Morgan fingerprint density at radius 2 is 1.70 bits per heavy atom. The maximum Gasteiger partial charge on any atom is 0.0575 e. The topological polar surface area (TPSA) is 32.7 Å². The van der Waals surface area contributed by atoms with Crippen LogP contribution in [0, 0.1) is 5.92 Å². The quantitative estimate of drug-likeness (QED) is 0.590. The zero-order valence-corrected chi connectivity index (χ0v) is 13.6. The fraction of sp³-hybridized carbons (Fsp3) is 1.00. The van der Waals surface area contributed by atoms with Crippen molar-refractivity contribution in [2.45, 2.75) is 70.8 Å². The lowest BCUT2D eigenvalue weighted by Crippen LogP contribution is -2.23. The third kappa shape index (κ3) is 8.23. The molecule has 0 bridgehead atoms. The normalized spacial score (nSPS) is 23.4. The molecular weight excluding hydrogens is 250 g/mol. The summed E-state index contributed by atoms with van der Waals surface area (Å²) in [5.41, 5.74) is 0. The summed E-state index contributed by atoms with van der Waals surface area (Å²) in [7, 11) is 2.08. The van der Waals surface area contributed by atoms with Crippen LogP contribution >= 0.6 is 0 Å².